The second-order valence-corrected chi connectivity index (χ2v) is 8.10. The molecule has 7 heteroatoms. The lowest BCUT2D eigenvalue weighted by Crippen LogP contribution is -2.36. The first-order chi connectivity index (χ1) is 14.9. The van der Waals surface area contributed by atoms with E-state index in [1.54, 1.807) is 6.07 Å². The number of anilines is 1. The number of rotatable bonds is 6. The second kappa shape index (κ2) is 10.4. The van der Waals surface area contributed by atoms with Crippen LogP contribution in [0, 0.1) is 13.8 Å². The molecule has 0 bridgehead atoms. The smallest absolute Gasteiger partial charge is 0.259 e. The first-order valence-corrected chi connectivity index (χ1v) is 11.2. The van der Waals surface area contributed by atoms with Crippen LogP contribution in [0.15, 0.2) is 58.0 Å². The highest BCUT2D eigenvalue weighted by Crippen LogP contribution is 2.17. The summed E-state index contributed by atoms with van der Waals surface area (Å²) < 4.78 is 2.70. The van der Waals surface area contributed by atoms with Gasteiger partial charge < -0.3 is 5.32 Å². The molecule has 1 amide bonds. The number of hydrogen-bond acceptors (Lipinski definition) is 3. The number of aromatic nitrogens is 2. The van der Waals surface area contributed by atoms with Gasteiger partial charge in [-0.05, 0) is 73.0 Å². The Bertz CT molecular complexity index is 1100. The number of hydrogen-bond donors (Lipinski definition) is 2. The lowest BCUT2D eigenvalue weighted by Gasteiger charge is -2.13. The van der Waals surface area contributed by atoms with Crippen molar-refractivity contribution in [2.24, 2.45) is 4.99 Å². The Morgan fingerprint density at radius 3 is 2.58 bits per heavy atom. The van der Waals surface area contributed by atoms with Crippen molar-refractivity contribution in [3.05, 3.63) is 81.1 Å². The Kier molecular flexibility index (Phi) is 7.63. The van der Waals surface area contributed by atoms with Gasteiger partial charge in [-0.3, -0.25) is 14.8 Å². The Morgan fingerprint density at radius 2 is 1.90 bits per heavy atom. The third-order valence-electron chi connectivity index (χ3n) is 5.17. The van der Waals surface area contributed by atoms with E-state index in [0.717, 1.165) is 40.1 Å². The van der Waals surface area contributed by atoms with Gasteiger partial charge in [0.15, 0.2) is 0 Å². The first-order valence-electron chi connectivity index (χ1n) is 10.4. The number of carbonyl (C=O) groups is 1. The van der Waals surface area contributed by atoms with Crippen molar-refractivity contribution in [2.45, 2.75) is 47.2 Å². The highest BCUT2D eigenvalue weighted by molar-refractivity contribution is 9.10. The van der Waals surface area contributed by atoms with E-state index in [4.69, 9.17) is 4.99 Å². The average Bonchev–Trinajstić information content (AvgIpc) is 3.05. The van der Waals surface area contributed by atoms with E-state index in [0.29, 0.717) is 18.1 Å². The number of aryl methyl sites for hydroxylation is 3. The van der Waals surface area contributed by atoms with E-state index < -0.39 is 0 Å². The minimum atomic E-state index is -0.233. The quantitative estimate of drug-likeness (QED) is 0.373. The van der Waals surface area contributed by atoms with Gasteiger partial charge in [0, 0.05) is 28.0 Å². The number of halogens is 1. The molecule has 0 spiro atoms. The molecule has 0 aliphatic carbocycles. The van der Waals surface area contributed by atoms with Crippen molar-refractivity contribution in [1.29, 1.82) is 0 Å². The van der Waals surface area contributed by atoms with Gasteiger partial charge in [0.2, 0.25) is 5.96 Å². The van der Waals surface area contributed by atoms with Crippen molar-refractivity contribution < 1.29 is 4.79 Å². The average molecular weight is 482 g/mol. The third-order valence-corrected chi connectivity index (χ3v) is 5.87. The van der Waals surface area contributed by atoms with Gasteiger partial charge in [0.25, 0.3) is 5.91 Å². The predicted octanol–water partition coefficient (Wildman–Crippen LogP) is 5.24. The van der Waals surface area contributed by atoms with Crippen molar-refractivity contribution in [3.8, 4) is 0 Å². The zero-order valence-electron chi connectivity index (χ0n) is 18.4. The fourth-order valence-corrected chi connectivity index (χ4v) is 3.83. The molecular formula is C24H28BrN5O. The van der Waals surface area contributed by atoms with Crippen LogP contribution < -0.4 is 10.6 Å². The monoisotopic (exact) mass is 481 g/mol. The molecule has 2 N–H and O–H groups in total. The summed E-state index contributed by atoms with van der Waals surface area (Å²) in [7, 11) is 0. The summed E-state index contributed by atoms with van der Waals surface area (Å²) in [5.74, 6) is 0.167. The fraction of sp³-hybridized carbons (Fsp3) is 0.292. The number of benzene rings is 2. The summed E-state index contributed by atoms with van der Waals surface area (Å²) >= 11 is 3.45. The predicted molar refractivity (Wildman–Crippen MR) is 130 cm³/mol. The van der Waals surface area contributed by atoms with Crippen molar-refractivity contribution in [3.63, 3.8) is 0 Å². The molecular weight excluding hydrogens is 454 g/mol. The second-order valence-electron chi connectivity index (χ2n) is 7.24. The summed E-state index contributed by atoms with van der Waals surface area (Å²) in [5, 5.41) is 10.8. The van der Waals surface area contributed by atoms with Gasteiger partial charge in [0.1, 0.15) is 0 Å². The summed E-state index contributed by atoms with van der Waals surface area (Å²) in [6, 6.07) is 15.4. The molecule has 3 rings (SSSR count). The normalized spacial score (nSPS) is 11.5. The zero-order valence-corrected chi connectivity index (χ0v) is 20.0. The zero-order chi connectivity index (χ0) is 22.4. The van der Waals surface area contributed by atoms with E-state index >= 15 is 0 Å². The SMILES string of the molecule is CCc1cccc(NC(=NCc2c(C)nn(CC)c2C)NC(=O)c2ccccc2Br)c1. The third kappa shape index (κ3) is 5.61. The van der Waals surface area contributed by atoms with Crippen LogP contribution >= 0.6 is 15.9 Å². The molecule has 1 heterocycles. The van der Waals surface area contributed by atoms with Crippen molar-refractivity contribution >= 4 is 33.5 Å². The topological polar surface area (TPSA) is 71.3 Å². The summed E-state index contributed by atoms with van der Waals surface area (Å²) in [6.07, 6.45) is 0.930. The van der Waals surface area contributed by atoms with Gasteiger partial charge in [0.05, 0.1) is 17.8 Å². The molecule has 0 fully saturated rings. The van der Waals surface area contributed by atoms with E-state index in [9.17, 15) is 4.79 Å². The van der Waals surface area contributed by atoms with Crippen LogP contribution in [0.25, 0.3) is 0 Å². The minimum Gasteiger partial charge on any atom is -0.326 e. The fourth-order valence-electron chi connectivity index (χ4n) is 3.37. The van der Waals surface area contributed by atoms with Crippen LogP contribution in [0.3, 0.4) is 0 Å². The van der Waals surface area contributed by atoms with Crippen molar-refractivity contribution in [2.75, 3.05) is 5.32 Å². The number of guanidine groups is 1. The molecule has 6 nitrogen and oxygen atoms in total. The summed E-state index contributed by atoms with van der Waals surface area (Å²) in [6.45, 7) is 9.44. The molecule has 3 aromatic rings. The number of amides is 1. The van der Waals surface area contributed by atoms with E-state index in [-0.39, 0.29) is 5.91 Å². The first kappa shape index (κ1) is 22.7. The Morgan fingerprint density at radius 1 is 1.13 bits per heavy atom. The molecule has 31 heavy (non-hydrogen) atoms. The Balaban J connectivity index is 1.89. The van der Waals surface area contributed by atoms with Crippen molar-refractivity contribution in [1.82, 2.24) is 15.1 Å². The standard InChI is InChI=1S/C24H28BrN5O/c1-5-18-10-9-11-19(14-18)27-24(28-23(31)20-12-7-8-13-22(20)25)26-15-21-16(3)29-30(6-2)17(21)4/h7-14H,5-6,15H2,1-4H3,(H2,26,27,28,31). The summed E-state index contributed by atoms with van der Waals surface area (Å²) in [4.78, 5) is 17.6. The lowest BCUT2D eigenvalue weighted by molar-refractivity contribution is 0.0976. The molecule has 0 saturated heterocycles. The lowest BCUT2D eigenvalue weighted by atomic mass is 10.1. The molecule has 0 aliphatic rings. The highest BCUT2D eigenvalue weighted by Gasteiger charge is 2.14. The maximum Gasteiger partial charge on any atom is 0.259 e. The van der Waals surface area contributed by atoms with E-state index in [1.807, 2.05) is 48.9 Å². The van der Waals surface area contributed by atoms with Crippen LogP contribution in [-0.2, 0) is 19.5 Å². The number of carbonyl (C=O) groups excluding carboxylic acids is 1. The van der Waals surface area contributed by atoms with Crippen LogP contribution in [0.4, 0.5) is 5.69 Å². The molecule has 0 saturated carbocycles. The molecule has 0 unspecified atom stereocenters. The van der Waals surface area contributed by atoms with E-state index in [1.165, 1.54) is 5.56 Å². The molecule has 1 aromatic heterocycles. The number of nitrogens with one attached hydrogen (secondary N) is 2. The molecule has 0 aliphatic heterocycles. The van der Waals surface area contributed by atoms with Gasteiger partial charge in [-0.1, -0.05) is 31.2 Å². The molecule has 0 radical (unpaired) electrons. The highest BCUT2D eigenvalue weighted by atomic mass is 79.9. The number of aliphatic imine (C=N–C) groups is 1. The molecule has 162 valence electrons. The largest absolute Gasteiger partial charge is 0.326 e. The Labute approximate surface area is 191 Å². The minimum absolute atomic E-state index is 0.233. The van der Waals surface area contributed by atoms with Crippen LogP contribution in [0.1, 0.15) is 46.7 Å². The van der Waals surface area contributed by atoms with Crippen LogP contribution in [-0.4, -0.2) is 21.6 Å². The van der Waals surface area contributed by atoms with Gasteiger partial charge in [-0.25, -0.2) is 4.99 Å². The maximum absolute atomic E-state index is 12.9. The van der Waals surface area contributed by atoms with Gasteiger partial charge in [-0.2, -0.15) is 5.10 Å². The maximum atomic E-state index is 12.9. The van der Waals surface area contributed by atoms with Crippen LogP contribution in [0.5, 0.6) is 0 Å². The molecule has 0 atom stereocenters. The summed E-state index contributed by atoms with van der Waals surface area (Å²) in [5.41, 5.74) is 5.74. The van der Waals surface area contributed by atoms with Gasteiger partial charge in [-0.15, -0.1) is 0 Å². The van der Waals surface area contributed by atoms with Crippen LogP contribution in [0.2, 0.25) is 0 Å². The van der Waals surface area contributed by atoms with Gasteiger partial charge >= 0.3 is 0 Å². The number of nitrogens with zero attached hydrogens (tertiary/aromatic N) is 3. The van der Waals surface area contributed by atoms with E-state index in [2.05, 4.69) is 57.6 Å². The Hall–Kier alpha value is -2.93. The molecule has 2 aromatic carbocycles.